The average molecular weight is 233 g/mol. The van der Waals surface area contributed by atoms with Gasteiger partial charge in [0.05, 0.1) is 10.8 Å². The Hall–Kier alpha value is -0.810. The molecule has 84 valence electrons. The van der Waals surface area contributed by atoms with E-state index in [-0.39, 0.29) is 6.04 Å². The largest absolute Gasteiger partial charge is 0.328 e. The van der Waals surface area contributed by atoms with E-state index < -0.39 is 22.4 Å². The molecule has 0 aromatic heterocycles. The molecule has 0 spiro atoms. The minimum Gasteiger partial charge on any atom is -0.328 e. The standard InChI is InChI=1S/C10H13F2NOS/c1-7(13)4-5-15(14)8-2-3-9(11)10(12)6-8/h2-3,6-7H,4-5,13H2,1H3. The van der Waals surface area contributed by atoms with Gasteiger partial charge in [-0.2, -0.15) is 0 Å². The highest BCUT2D eigenvalue weighted by Crippen LogP contribution is 2.13. The van der Waals surface area contributed by atoms with Crippen LogP contribution in [0, 0.1) is 11.6 Å². The van der Waals surface area contributed by atoms with Crippen LogP contribution < -0.4 is 5.73 Å². The summed E-state index contributed by atoms with van der Waals surface area (Å²) in [5.41, 5.74) is 5.50. The van der Waals surface area contributed by atoms with Gasteiger partial charge in [0.15, 0.2) is 11.6 Å². The van der Waals surface area contributed by atoms with Crippen LogP contribution >= 0.6 is 0 Å². The quantitative estimate of drug-likeness (QED) is 0.861. The summed E-state index contributed by atoms with van der Waals surface area (Å²) in [6.45, 7) is 1.81. The van der Waals surface area contributed by atoms with Gasteiger partial charge in [-0.25, -0.2) is 8.78 Å². The third-order valence-corrected chi connectivity index (χ3v) is 3.30. The molecule has 0 aliphatic heterocycles. The first kappa shape index (κ1) is 12.3. The van der Waals surface area contributed by atoms with Crippen molar-refractivity contribution >= 4 is 10.8 Å². The van der Waals surface area contributed by atoms with E-state index in [0.717, 1.165) is 12.1 Å². The average Bonchev–Trinajstić information content (AvgIpc) is 2.18. The van der Waals surface area contributed by atoms with Crippen molar-refractivity contribution in [1.82, 2.24) is 0 Å². The second-order valence-electron chi connectivity index (χ2n) is 3.39. The van der Waals surface area contributed by atoms with Gasteiger partial charge in [-0.15, -0.1) is 0 Å². The van der Waals surface area contributed by atoms with Crippen molar-refractivity contribution in [2.45, 2.75) is 24.3 Å². The summed E-state index contributed by atoms with van der Waals surface area (Å²) in [5, 5.41) is 0. The molecule has 1 aromatic rings. The first-order valence-corrected chi connectivity index (χ1v) is 5.91. The van der Waals surface area contributed by atoms with Crippen molar-refractivity contribution in [2.24, 2.45) is 5.73 Å². The van der Waals surface area contributed by atoms with Crippen molar-refractivity contribution in [3.63, 3.8) is 0 Å². The summed E-state index contributed by atoms with van der Waals surface area (Å²) >= 11 is 0. The van der Waals surface area contributed by atoms with E-state index in [4.69, 9.17) is 5.73 Å². The molecule has 0 heterocycles. The van der Waals surface area contributed by atoms with E-state index in [2.05, 4.69) is 0 Å². The van der Waals surface area contributed by atoms with Crippen LogP contribution in [0.1, 0.15) is 13.3 Å². The number of hydrogen-bond acceptors (Lipinski definition) is 2. The fourth-order valence-corrected chi connectivity index (χ4v) is 2.31. The fraction of sp³-hybridized carbons (Fsp3) is 0.400. The maximum atomic E-state index is 12.8. The van der Waals surface area contributed by atoms with E-state index >= 15 is 0 Å². The van der Waals surface area contributed by atoms with Crippen molar-refractivity contribution in [1.29, 1.82) is 0 Å². The number of benzene rings is 1. The molecule has 15 heavy (non-hydrogen) atoms. The van der Waals surface area contributed by atoms with Crippen molar-refractivity contribution < 1.29 is 13.0 Å². The maximum Gasteiger partial charge on any atom is 0.160 e. The summed E-state index contributed by atoms with van der Waals surface area (Å²) in [7, 11) is -1.31. The van der Waals surface area contributed by atoms with Crippen LogP contribution in [-0.2, 0) is 10.8 Å². The predicted octanol–water partition coefficient (Wildman–Crippen LogP) is 1.81. The SMILES string of the molecule is CC(N)CCS(=O)c1ccc(F)c(F)c1. The minimum atomic E-state index is -1.31. The van der Waals surface area contributed by atoms with Crippen LogP contribution in [0.25, 0.3) is 0 Å². The predicted molar refractivity (Wildman–Crippen MR) is 55.9 cm³/mol. The second kappa shape index (κ2) is 5.32. The minimum absolute atomic E-state index is 0.0424. The van der Waals surface area contributed by atoms with Crippen LogP contribution in [-0.4, -0.2) is 16.0 Å². The number of nitrogens with two attached hydrogens (primary N) is 1. The Morgan fingerprint density at radius 1 is 1.40 bits per heavy atom. The van der Waals surface area contributed by atoms with Crippen LogP contribution in [0.2, 0.25) is 0 Å². The van der Waals surface area contributed by atoms with E-state index in [1.165, 1.54) is 6.07 Å². The van der Waals surface area contributed by atoms with Crippen LogP contribution in [0.4, 0.5) is 8.78 Å². The number of hydrogen-bond donors (Lipinski definition) is 1. The molecule has 0 aliphatic rings. The molecule has 2 unspecified atom stereocenters. The molecule has 1 aromatic carbocycles. The first-order valence-electron chi connectivity index (χ1n) is 4.59. The first-order chi connectivity index (χ1) is 7.00. The van der Waals surface area contributed by atoms with Gasteiger partial charge in [0.2, 0.25) is 0 Å². The van der Waals surface area contributed by atoms with E-state index in [0.29, 0.717) is 17.1 Å². The molecule has 0 saturated carbocycles. The fourth-order valence-electron chi connectivity index (χ4n) is 1.03. The lowest BCUT2D eigenvalue weighted by atomic mass is 10.3. The highest BCUT2D eigenvalue weighted by atomic mass is 32.2. The lowest BCUT2D eigenvalue weighted by Crippen LogP contribution is -2.17. The molecule has 0 saturated heterocycles. The number of rotatable bonds is 4. The molecule has 0 bridgehead atoms. The van der Waals surface area contributed by atoms with Gasteiger partial charge in [0.25, 0.3) is 0 Å². The highest BCUT2D eigenvalue weighted by Gasteiger charge is 2.08. The van der Waals surface area contributed by atoms with Crippen LogP contribution in [0.3, 0.4) is 0 Å². The van der Waals surface area contributed by atoms with E-state index in [1.807, 2.05) is 6.92 Å². The molecule has 2 nitrogen and oxygen atoms in total. The van der Waals surface area contributed by atoms with Gasteiger partial charge in [-0.3, -0.25) is 4.21 Å². The summed E-state index contributed by atoms with van der Waals surface area (Å²) in [5.74, 6) is -1.53. The third kappa shape index (κ3) is 3.68. The van der Waals surface area contributed by atoms with E-state index in [9.17, 15) is 13.0 Å². The molecule has 0 fully saturated rings. The van der Waals surface area contributed by atoms with Crippen molar-refractivity contribution in [2.75, 3.05) is 5.75 Å². The Kier molecular flexibility index (Phi) is 4.35. The van der Waals surface area contributed by atoms with Crippen LogP contribution in [0.15, 0.2) is 23.1 Å². The monoisotopic (exact) mass is 233 g/mol. The van der Waals surface area contributed by atoms with Gasteiger partial charge in [-0.1, -0.05) is 0 Å². The van der Waals surface area contributed by atoms with Crippen molar-refractivity contribution in [3.8, 4) is 0 Å². The maximum absolute atomic E-state index is 12.8. The van der Waals surface area contributed by atoms with Gasteiger partial charge in [-0.05, 0) is 31.5 Å². The molecular weight excluding hydrogens is 220 g/mol. The van der Waals surface area contributed by atoms with Gasteiger partial charge >= 0.3 is 0 Å². The molecule has 5 heteroatoms. The Labute approximate surface area is 89.9 Å². The van der Waals surface area contributed by atoms with E-state index in [1.54, 1.807) is 0 Å². The number of halogens is 2. The summed E-state index contributed by atoms with van der Waals surface area (Å²) < 4.78 is 37.0. The Morgan fingerprint density at radius 3 is 2.60 bits per heavy atom. The molecule has 2 N–H and O–H groups in total. The smallest absolute Gasteiger partial charge is 0.160 e. The third-order valence-electron chi connectivity index (χ3n) is 1.91. The van der Waals surface area contributed by atoms with Crippen molar-refractivity contribution in [3.05, 3.63) is 29.8 Å². The zero-order valence-corrected chi connectivity index (χ0v) is 9.19. The zero-order valence-electron chi connectivity index (χ0n) is 8.37. The van der Waals surface area contributed by atoms with Gasteiger partial charge in [0, 0.05) is 16.7 Å². The molecule has 0 amide bonds. The normalized spacial score (nSPS) is 14.9. The molecule has 2 atom stereocenters. The zero-order chi connectivity index (χ0) is 11.4. The summed E-state index contributed by atoms with van der Waals surface area (Å²) in [6.07, 6.45) is 0.589. The lowest BCUT2D eigenvalue weighted by Gasteiger charge is -2.05. The second-order valence-corrected chi connectivity index (χ2v) is 4.96. The molecule has 0 radical (unpaired) electrons. The highest BCUT2D eigenvalue weighted by molar-refractivity contribution is 7.85. The summed E-state index contributed by atoms with van der Waals surface area (Å²) in [4.78, 5) is 0.301. The van der Waals surface area contributed by atoms with Gasteiger partial charge < -0.3 is 5.73 Å². The van der Waals surface area contributed by atoms with Crippen LogP contribution in [0.5, 0.6) is 0 Å². The topological polar surface area (TPSA) is 43.1 Å². The summed E-state index contributed by atoms with van der Waals surface area (Å²) in [6, 6.07) is 3.23. The molecule has 1 rings (SSSR count). The Bertz CT molecular complexity index is 368. The lowest BCUT2D eigenvalue weighted by molar-refractivity contribution is 0.505. The van der Waals surface area contributed by atoms with Gasteiger partial charge in [0.1, 0.15) is 0 Å². The molecular formula is C10H13F2NOS. The molecule has 0 aliphatic carbocycles. The Morgan fingerprint density at radius 2 is 2.07 bits per heavy atom. The Balaban J connectivity index is 2.70.